The molecule has 19 heavy (non-hydrogen) atoms. The van der Waals surface area contributed by atoms with Crippen LogP contribution in [0.25, 0.3) is 10.9 Å². The van der Waals surface area contributed by atoms with Gasteiger partial charge in [0.25, 0.3) is 0 Å². The molecule has 1 heterocycles. The van der Waals surface area contributed by atoms with Crippen LogP contribution in [-0.2, 0) is 6.54 Å². The van der Waals surface area contributed by atoms with Gasteiger partial charge in [-0.2, -0.15) is 5.10 Å². The molecule has 0 bridgehead atoms. The van der Waals surface area contributed by atoms with Gasteiger partial charge in [-0.15, -0.1) is 11.8 Å². The summed E-state index contributed by atoms with van der Waals surface area (Å²) in [6.07, 6.45) is 3.93. The molecule has 2 aromatic carbocycles. The Hall–Kier alpha value is -1.94. The monoisotopic (exact) mass is 269 g/mol. The van der Waals surface area contributed by atoms with Crippen LogP contribution in [0.3, 0.4) is 0 Å². The number of thioether (sulfide) groups is 1. The van der Waals surface area contributed by atoms with Gasteiger partial charge in [0.2, 0.25) is 0 Å². The van der Waals surface area contributed by atoms with Gasteiger partial charge in [-0.25, -0.2) is 0 Å². The lowest BCUT2D eigenvalue weighted by Gasteiger charge is -2.07. The molecule has 0 aliphatic carbocycles. The Kier molecular flexibility index (Phi) is 3.42. The summed E-state index contributed by atoms with van der Waals surface area (Å²) in [7, 11) is 0. The summed E-state index contributed by atoms with van der Waals surface area (Å²) in [5.41, 5.74) is 3.46. The Bertz CT molecular complexity index is 673. The molecule has 0 aliphatic rings. The van der Waals surface area contributed by atoms with Crippen molar-refractivity contribution in [2.45, 2.75) is 11.4 Å². The highest BCUT2D eigenvalue weighted by molar-refractivity contribution is 7.98. The van der Waals surface area contributed by atoms with E-state index < -0.39 is 0 Å². The van der Waals surface area contributed by atoms with Gasteiger partial charge in [0.05, 0.1) is 11.7 Å². The molecule has 2 N–H and O–H groups in total. The predicted octanol–water partition coefficient (Wildman–Crippen LogP) is 3.90. The normalized spacial score (nSPS) is 10.8. The third-order valence-electron chi connectivity index (χ3n) is 3.10. The third kappa shape index (κ3) is 2.74. The highest BCUT2D eigenvalue weighted by atomic mass is 32.2. The summed E-state index contributed by atoms with van der Waals surface area (Å²) in [4.78, 5) is 1.29. The average Bonchev–Trinajstić information content (AvgIpc) is 2.93. The van der Waals surface area contributed by atoms with Gasteiger partial charge in [0.1, 0.15) is 0 Å². The fourth-order valence-electron chi connectivity index (χ4n) is 2.00. The number of aromatic nitrogens is 2. The minimum atomic E-state index is 0.831. The molecular formula is C15H15N3S. The van der Waals surface area contributed by atoms with E-state index in [9.17, 15) is 0 Å². The van der Waals surface area contributed by atoms with Crippen molar-refractivity contribution in [3.05, 3.63) is 54.2 Å². The average molecular weight is 269 g/mol. The first-order valence-corrected chi connectivity index (χ1v) is 7.37. The Morgan fingerprint density at radius 3 is 2.79 bits per heavy atom. The predicted molar refractivity (Wildman–Crippen MR) is 81.6 cm³/mol. The maximum absolute atomic E-state index is 4.02. The molecule has 3 nitrogen and oxygen atoms in total. The highest BCUT2D eigenvalue weighted by Crippen LogP contribution is 2.18. The van der Waals surface area contributed by atoms with Crippen LogP contribution in [0.1, 0.15) is 5.56 Å². The number of aromatic amines is 1. The second-order valence-corrected chi connectivity index (χ2v) is 5.25. The van der Waals surface area contributed by atoms with Gasteiger partial charge >= 0.3 is 0 Å². The standard InChI is InChI=1S/C15H15N3S/c1-19-14-5-2-11(3-6-14)9-16-13-4-7-15-12(8-13)10-17-18-15/h2-8,10,16H,9H2,1H3,(H,17,18). The number of nitrogens with zero attached hydrogens (tertiary/aromatic N) is 1. The summed E-state index contributed by atoms with van der Waals surface area (Å²) in [5, 5.41) is 11.5. The van der Waals surface area contributed by atoms with Crippen LogP contribution >= 0.6 is 11.8 Å². The maximum atomic E-state index is 4.02. The molecule has 3 aromatic rings. The van der Waals surface area contributed by atoms with Crippen molar-refractivity contribution in [1.82, 2.24) is 10.2 Å². The smallest absolute Gasteiger partial charge is 0.0651 e. The van der Waals surface area contributed by atoms with E-state index in [1.54, 1.807) is 11.8 Å². The van der Waals surface area contributed by atoms with E-state index in [1.807, 2.05) is 12.3 Å². The molecule has 0 saturated heterocycles. The van der Waals surface area contributed by atoms with Gasteiger partial charge in [0, 0.05) is 22.5 Å². The molecular weight excluding hydrogens is 254 g/mol. The molecule has 1 aromatic heterocycles. The number of rotatable bonds is 4. The lowest BCUT2D eigenvalue weighted by molar-refractivity contribution is 1.12. The molecule has 0 radical (unpaired) electrons. The first kappa shape index (κ1) is 12.1. The molecule has 0 spiro atoms. The van der Waals surface area contributed by atoms with E-state index in [-0.39, 0.29) is 0 Å². The SMILES string of the molecule is CSc1ccc(CNc2ccc3[nH]ncc3c2)cc1. The van der Waals surface area contributed by atoms with Crippen molar-refractivity contribution < 1.29 is 0 Å². The number of fused-ring (bicyclic) bond motifs is 1. The van der Waals surface area contributed by atoms with E-state index in [0.717, 1.165) is 23.1 Å². The zero-order valence-corrected chi connectivity index (χ0v) is 11.5. The molecule has 0 amide bonds. The third-order valence-corrected chi connectivity index (χ3v) is 3.84. The first-order valence-electron chi connectivity index (χ1n) is 6.15. The largest absolute Gasteiger partial charge is 0.381 e. The molecule has 0 aliphatic heterocycles. The zero-order chi connectivity index (χ0) is 13.1. The lowest BCUT2D eigenvalue weighted by atomic mass is 10.2. The van der Waals surface area contributed by atoms with Crippen LogP contribution in [0.5, 0.6) is 0 Å². The van der Waals surface area contributed by atoms with Crippen LogP contribution in [0.2, 0.25) is 0 Å². The molecule has 96 valence electrons. The second kappa shape index (κ2) is 5.36. The Balaban J connectivity index is 1.70. The van der Waals surface area contributed by atoms with Crippen molar-refractivity contribution in [2.75, 3.05) is 11.6 Å². The van der Waals surface area contributed by atoms with Crippen molar-refractivity contribution in [3.8, 4) is 0 Å². The molecule has 0 saturated carbocycles. The topological polar surface area (TPSA) is 40.7 Å². The quantitative estimate of drug-likeness (QED) is 0.706. The van der Waals surface area contributed by atoms with Crippen LogP contribution in [0, 0.1) is 0 Å². The molecule has 4 heteroatoms. The lowest BCUT2D eigenvalue weighted by Crippen LogP contribution is -1.98. The summed E-state index contributed by atoms with van der Waals surface area (Å²) >= 11 is 1.76. The summed E-state index contributed by atoms with van der Waals surface area (Å²) in [5.74, 6) is 0. The minimum Gasteiger partial charge on any atom is -0.381 e. The van der Waals surface area contributed by atoms with Crippen molar-refractivity contribution in [2.24, 2.45) is 0 Å². The maximum Gasteiger partial charge on any atom is 0.0651 e. The molecule has 0 atom stereocenters. The highest BCUT2D eigenvalue weighted by Gasteiger charge is 1.98. The number of benzene rings is 2. The molecule has 0 unspecified atom stereocenters. The zero-order valence-electron chi connectivity index (χ0n) is 10.7. The van der Waals surface area contributed by atoms with Gasteiger partial charge in [-0.1, -0.05) is 12.1 Å². The van der Waals surface area contributed by atoms with E-state index in [1.165, 1.54) is 10.5 Å². The van der Waals surface area contributed by atoms with Crippen molar-refractivity contribution >= 4 is 28.4 Å². The Morgan fingerprint density at radius 2 is 2.00 bits per heavy atom. The number of hydrogen-bond acceptors (Lipinski definition) is 3. The minimum absolute atomic E-state index is 0.831. The molecule has 0 fully saturated rings. The summed E-state index contributed by atoms with van der Waals surface area (Å²) in [6.45, 7) is 0.831. The van der Waals surface area contributed by atoms with E-state index in [4.69, 9.17) is 0 Å². The van der Waals surface area contributed by atoms with Crippen molar-refractivity contribution in [1.29, 1.82) is 0 Å². The number of nitrogens with one attached hydrogen (secondary N) is 2. The van der Waals surface area contributed by atoms with Crippen LogP contribution < -0.4 is 5.32 Å². The van der Waals surface area contributed by atoms with E-state index >= 15 is 0 Å². The summed E-state index contributed by atoms with van der Waals surface area (Å²) < 4.78 is 0. The van der Waals surface area contributed by atoms with Gasteiger partial charge in [-0.3, -0.25) is 5.10 Å². The van der Waals surface area contributed by atoms with Gasteiger partial charge < -0.3 is 5.32 Å². The second-order valence-electron chi connectivity index (χ2n) is 4.37. The fourth-order valence-corrected chi connectivity index (χ4v) is 2.41. The van der Waals surface area contributed by atoms with Crippen LogP contribution in [0.15, 0.2) is 53.6 Å². The Morgan fingerprint density at radius 1 is 1.16 bits per heavy atom. The molecule has 3 rings (SSSR count). The van der Waals surface area contributed by atoms with E-state index in [0.29, 0.717) is 0 Å². The van der Waals surface area contributed by atoms with Crippen molar-refractivity contribution in [3.63, 3.8) is 0 Å². The number of H-pyrrole nitrogens is 1. The van der Waals surface area contributed by atoms with Crippen LogP contribution in [0.4, 0.5) is 5.69 Å². The van der Waals surface area contributed by atoms with Crippen LogP contribution in [-0.4, -0.2) is 16.5 Å². The summed E-state index contributed by atoms with van der Waals surface area (Å²) in [6, 6.07) is 14.8. The number of anilines is 1. The van der Waals surface area contributed by atoms with E-state index in [2.05, 4.69) is 58.2 Å². The fraction of sp³-hybridized carbons (Fsp3) is 0.133. The van der Waals surface area contributed by atoms with Gasteiger partial charge in [0.15, 0.2) is 0 Å². The van der Waals surface area contributed by atoms with Gasteiger partial charge in [-0.05, 0) is 42.2 Å². The number of hydrogen-bond donors (Lipinski definition) is 2. The Labute approximate surface area is 116 Å². The first-order chi connectivity index (χ1) is 9.35.